The molecule has 0 saturated carbocycles. The summed E-state index contributed by atoms with van der Waals surface area (Å²) in [6.45, 7) is -2.91. The van der Waals surface area contributed by atoms with E-state index in [0.717, 1.165) is 0 Å². The highest BCUT2D eigenvalue weighted by Gasteiger charge is 2.10. The van der Waals surface area contributed by atoms with Gasteiger partial charge in [-0.25, -0.2) is 0 Å². The molecule has 0 bridgehead atoms. The molecule has 3 nitrogen and oxygen atoms in total. The quantitative estimate of drug-likeness (QED) is 0.785. The number of hydrogen-bond donors (Lipinski definition) is 2. The normalized spacial score (nSPS) is 10.2. The molecule has 0 aliphatic rings. The highest BCUT2D eigenvalue weighted by atomic mass is 32.1. The van der Waals surface area contributed by atoms with E-state index in [1.54, 1.807) is 12.1 Å². The topological polar surface area (TPSA) is 38.3 Å². The average Bonchev–Trinajstić information content (AvgIpc) is 2.20. The Kier molecular flexibility index (Phi) is 5.04. The fourth-order valence-corrected chi connectivity index (χ4v) is 1.29. The first-order valence-corrected chi connectivity index (χ1v) is 5.21. The molecule has 16 heavy (non-hydrogen) atoms. The summed E-state index contributed by atoms with van der Waals surface area (Å²) >= 11 is 3.90. The summed E-state index contributed by atoms with van der Waals surface area (Å²) < 4.78 is 28.3. The van der Waals surface area contributed by atoms with E-state index in [0.29, 0.717) is 5.75 Å². The molecule has 6 heteroatoms. The molecule has 0 unspecified atom stereocenters. The van der Waals surface area contributed by atoms with Gasteiger partial charge in [0.2, 0.25) is 5.91 Å². The third-order valence-electron chi connectivity index (χ3n) is 1.72. The fraction of sp³-hybridized carbons (Fsp3) is 0.300. The van der Waals surface area contributed by atoms with Gasteiger partial charge in [-0.3, -0.25) is 4.79 Å². The van der Waals surface area contributed by atoms with E-state index in [1.807, 2.05) is 0 Å². The first-order chi connectivity index (χ1) is 7.63. The number of alkyl halides is 2. The van der Waals surface area contributed by atoms with Crippen LogP contribution in [0.25, 0.3) is 0 Å². The number of amides is 1. The molecule has 1 rings (SSSR count). The van der Waals surface area contributed by atoms with Gasteiger partial charge in [-0.15, -0.1) is 0 Å². The number of ether oxygens (including phenoxy) is 1. The third-order valence-corrected chi connectivity index (χ3v) is 1.94. The number of rotatable bonds is 5. The molecule has 1 amide bonds. The van der Waals surface area contributed by atoms with Gasteiger partial charge < -0.3 is 10.1 Å². The van der Waals surface area contributed by atoms with Crippen LogP contribution in [0.5, 0.6) is 5.75 Å². The number of hydrogen-bond acceptors (Lipinski definition) is 3. The van der Waals surface area contributed by atoms with Gasteiger partial charge in [0.05, 0.1) is 5.69 Å². The molecule has 88 valence electrons. The summed E-state index contributed by atoms with van der Waals surface area (Å²) in [5, 5.41) is 2.47. The van der Waals surface area contributed by atoms with Gasteiger partial charge in [0.1, 0.15) is 5.75 Å². The summed E-state index contributed by atoms with van der Waals surface area (Å²) in [6, 6.07) is 6.03. The molecule has 0 heterocycles. The van der Waals surface area contributed by atoms with Gasteiger partial charge in [0.15, 0.2) is 0 Å². The predicted octanol–water partition coefficient (Wildman–Crippen LogP) is 2.55. The lowest BCUT2D eigenvalue weighted by molar-refractivity contribution is -0.115. The molecule has 1 aromatic rings. The molecule has 1 aromatic carbocycles. The minimum absolute atomic E-state index is 0.0509. The highest BCUT2D eigenvalue weighted by Crippen LogP contribution is 2.25. The third kappa shape index (κ3) is 4.06. The first-order valence-electron chi connectivity index (χ1n) is 4.58. The maximum Gasteiger partial charge on any atom is 0.387 e. The maximum atomic E-state index is 12.0. The molecular formula is C10H11F2NO2S. The average molecular weight is 247 g/mol. The first kappa shape index (κ1) is 12.8. The molecule has 0 aromatic heterocycles. The summed E-state index contributed by atoms with van der Waals surface area (Å²) in [7, 11) is 0. The largest absolute Gasteiger partial charge is 0.433 e. The van der Waals surface area contributed by atoms with Crippen molar-refractivity contribution >= 4 is 24.2 Å². The van der Waals surface area contributed by atoms with E-state index in [1.165, 1.54) is 12.1 Å². The summed E-state index contributed by atoms with van der Waals surface area (Å²) in [5.41, 5.74) is 0.231. The Morgan fingerprint density at radius 3 is 2.75 bits per heavy atom. The minimum atomic E-state index is -2.91. The Hall–Kier alpha value is -1.30. The number of halogens is 2. The zero-order chi connectivity index (χ0) is 12.0. The molecule has 1 N–H and O–H groups in total. The molecule has 0 spiro atoms. The van der Waals surface area contributed by atoms with Crippen molar-refractivity contribution in [1.82, 2.24) is 0 Å². The zero-order valence-corrected chi connectivity index (χ0v) is 9.22. The number of anilines is 1. The Morgan fingerprint density at radius 1 is 1.44 bits per heavy atom. The number of thiol groups is 1. The van der Waals surface area contributed by atoms with Crippen LogP contribution in [0.4, 0.5) is 14.5 Å². The van der Waals surface area contributed by atoms with Crippen LogP contribution in [0.3, 0.4) is 0 Å². The van der Waals surface area contributed by atoms with Crippen LogP contribution in [0.15, 0.2) is 24.3 Å². The van der Waals surface area contributed by atoms with Crippen molar-refractivity contribution in [2.24, 2.45) is 0 Å². The van der Waals surface area contributed by atoms with E-state index in [9.17, 15) is 13.6 Å². The van der Waals surface area contributed by atoms with E-state index in [4.69, 9.17) is 0 Å². The molecule has 0 saturated heterocycles. The van der Waals surface area contributed by atoms with Crippen LogP contribution in [0, 0.1) is 0 Å². The number of para-hydroxylation sites is 2. The molecule has 0 radical (unpaired) electrons. The van der Waals surface area contributed by atoms with Crippen molar-refractivity contribution in [3.05, 3.63) is 24.3 Å². The van der Waals surface area contributed by atoms with Crippen LogP contribution in [-0.2, 0) is 4.79 Å². The standard InChI is InChI=1S/C10H11F2NO2S/c11-10(12)15-8-4-2-1-3-7(8)13-9(14)5-6-16/h1-4,10,16H,5-6H2,(H,13,14). The fourth-order valence-electron chi connectivity index (χ4n) is 1.08. The van der Waals surface area contributed by atoms with Crippen LogP contribution in [0.1, 0.15) is 6.42 Å². The molecule has 0 atom stereocenters. The second-order valence-electron chi connectivity index (χ2n) is 2.90. The lowest BCUT2D eigenvalue weighted by Crippen LogP contribution is -2.13. The lowest BCUT2D eigenvalue weighted by Gasteiger charge is -2.11. The van der Waals surface area contributed by atoms with Gasteiger partial charge in [-0.05, 0) is 17.9 Å². The van der Waals surface area contributed by atoms with Crippen LogP contribution in [0.2, 0.25) is 0 Å². The van der Waals surface area contributed by atoms with Crippen molar-refractivity contribution in [2.45, 2.75) is 13.0 Å². The molecule has 0 fully saturated rings. The number of benzene rings is 1. The molecule has 0 aliphatic heterocycles. The molecule has 0 aliphatic carbocycles. The number of nitrogens with one attached hydrogen (secondary N) is 1. The number of carbonyl (C=O) groups is 1. The van der Waals surface area contributed by atoms with Crippen molar-refractivity contribution in [1.29, 1.82) is 0 Å². The molecular weight excluding hydrogens is 236 g/mol. The lowest BCUT2D eigenvalue weighted by atomic mass is 10.3. The Balaban J connectivity index is 2.74. The predicted molar refractivity (Wildman–Crippen MR) is 60.2 cm³/mol. The van der Waals surface area contributed by atoms with E-state index >= 15 is 0 Å². The second-order valence-corrected chi connectivity index (χ2v) is 3.34. The van der Waals surface area contributed by atoms with Crippen LogP contribution in [-0.4, -0.2) is 18.3 Å². The maximum absolute atomic E-state index is 12.0. The van der Waals surface area contributed by atoms with Crippen LogP contribution < -0.4 is 10.1 Å². The van der Waals surface area contributed by atoms with Gasteiger partial charge in [0.25, 0.3) is 0 Å². The van der Waals surface area contributed by atoms with Gasteiger partial charge in [-0.2, -0.15) is 21.4 Å². The van der Waals surface area contributed by atoms with Crippen molar-refractivity contribution in [3.8, 4) is 5.75 Å². The van der Waals surface area contributed by atoms with E-state index in [-0.39, 0.29) is 23.8 Å². The van der Waals surface area contributed by atoms with Crippen molar-refractivity contribution < 1.29 is 18.3 Å². The van der Waals surface area contributed by atoms with Crippen LogP contribution >= 0.6 is 12.6 Å². The summed E-state index contributed by atoms with van der Waals surface area (Å²) in [5.74, 6) is 0.0503. The summed E-state index contributed by atoms with van der Waals surface area (Å²) in [6.07, 6.45) is 0.214. The highest BCUT2D eigenvalue weighted by molar-refractivity contribution is 7.80. The van der Waals surface area contributed by atoms with Crippen molar-refractivity contribution in [3.63, 3.8) is 0 Å². The van der Waals surface area contributed by atoms with Gasteiger partial charge in [0, 0.05) is 6.42 Å². The van der Waals surface area contributed by atoms with Gasteiger partial charge >= 0.3 is 6.61 Å². The van der Waals surface area contributed by atoms with Gasteiger partial charge in [-0.1, -0.05) is 12.1 Å². The summed E-state index contributed by atoms with van der Waals surface area (Å²) in [4.78, 5) is 11.2. The van der Waals surface area contributed by atoms with E-state index in [2.05, 4.69) is 22.7 Å². The number of carbonyl (C=O) groups excluding carboxylic acids is 1. The van der Waals surface area contributed by atoms with Crippen molar-refractivity contribution in [2.75, 3.05) is 11.1 Å². The monoisotopic (exact) mass is 247 g/mol. The zero-order valence-electron chi connectivity index (χ0n) is 8.32. The minimum Gasteiger partial charge on any atom is -0.433 e. The smallest absolute Gasteiger partial charge is 0.387 e. The Bertz CT molecular complexity index is 360. The van der Waals surface area contributed by atoms with E-state index < -0.39 is 6.61 Å². The Morgan fingerprint density at radius 2 is 2.12 bits per heavy atom. The second kappa shape index (κ2) is 6.32. The SMILES string of the molecule is O=C(CCS)Nc1ccccc1OC(F)F. The Labute approximate surface area is 97.2 Å².